The summed E-state index contributed by atoms with van der Waals surface area (Å²) in [6.07, 6.45) is 1.87. The number of aromatic nitrogens is 2. The molecule has 1 aromatic heterocycles. The van der Waals surface area contributed by atoms with Crippen LogP contribution in [0.5, 0.6) is 5.75 Å². The predicted octanol–water partition coefficient (Wildman–Crippen LogP) is 3.79. The Balaban J connectivity index is 1.57. The summed E-state index contributed by atoms with van der Waals surface area (Å²) in [4.78, 5) is 41.0. The summed E-state index contributed by atoms with van der Waals surface area (Å²) in [6, 6.07) is 12.0. The Morgan fingerprint density at radius 2 is 2.00 bits per heavy atom. The van der Waals surface area contributed by atoms with Gasteiger partial charge in [0.05, 0.1) is 23.7 Å². The van der Waals surface area contributed by atoms with Crippen molar-refractivity contribution in [2.24, 2.45) is 5.92 Å². The van der Waals surface area contributed by atoms with Crippen molar-refractivity contribution in [1.82, 2.24) is 25.7 Å². The molecule has 0 bridgehead atoms. The summed E-state index contributed by atoms with van der Waals surface area (Å²) in [7, 11) is 0. The smallest absolute Gasteiger partial charge is 0.275 e. The Morgan fingerprint density at radius 3 is 2.81 bits per heavy atom. The Hall–Kier alpha value is -3.59. The molecule has 0 unspecified atom stereocenters. The molecule has 0 aliphatic carbocycles. The number of amides is 3. The van der Waals surface area contributed by atoms with Gasteiger partial charge in [-0.15, -0.1) is 0 Å². The maximum Gasteiger partial charge on any atom is 0.275 e. The second-order valence-electron chi connectivity index (χ2n) is 9.65. The lowest BCUT2D eigenvalue weighted by molar-refractivity contribution is -0.122. The average molecular weight is 526 g/mol. The van der Waals surface area contributed by atoms with Crippen LogP contribution in [0.15, 0.2) is 42.5 Å². The Kier molecular flexibility index (Phi) is 8.66. The predicted molar refractivity (Wildman–Crippen MR) is 142 cm³/mol. The summed E-state index contributed by atoms with van der Waals surface area (Å²) in [6.45, 7) is 4.93. The van der Waals surface area contributed by atoms with E-state index in [1.165, 1.54) is 4.90 Å². The number of halogens is 1. The molecule has 0 saturated carbocycles. The van der Waals surface area contributed by atoms with Gasteiger partial charge in [-0.2, -0.15) is 5.10 Å². The van der Waals surface area contributed by atoms with E-state index < -0.39 is 0 Å². The average Bonchev–Trinajstić information content (AvgIpc) is 3.29. The number of nitrogens with zero attached hydrogens (tertiary/aromatic N) is 2. The number of carbonyl (C=O) groups excluding carboxylic acids is 3. The van der Waals surface area contributed by atoms with Gasteiger partial charge in [0.15, 0.2) is 5.69 Å². The van der Waals surface area contributed by atoms with Crippen LogP contribution in [0.3, 0.4) is 0 Å². The van der Waals surface area contributed by atoms with Crippen molar-refractivity contribution in [3.63, 3.8) is 0 Å². The number of rotatable bonds is 3. The van der Waals surface area contributed by atoms with Crippen LogP contribution < -0.4 is 15.4 Å². The molecule has 2 aromatic carbocycles. The zero-order valence-electron chi connectivity index (χ0n) is 21.1. The van der Waals surface area contributed by atoms with Gasteiger partial charge in [-0.05, 0) is 49.4 Å². The van der Waals surface area contributed by atoms with Gasteiger partial charge in [0, 0.05) is 23.5 Å². The first-order valence-corrected chi connectivity index (χ1v) is 12.9. The molecule has 10 heteroatoms. The van der Waals surface area contributed by atoms with Crippen LogP contribution in [-0.2, 0) is 4.79 Å². The Morgan fingerprint density at radius 1 is 1.19 bits per heavy atom. The lowest BCUT2D eigenvalue weighted by Crippen LogP contribution is -2.46. The number of nitrogens with one attached hydrogen (secondary N) is 3. The van der Waals surface area contributed by atoms with Gasteiger partial charge in [0.1, 0.15) is 12.4 Å². The molecule has 1 atom stereocenters. The molecular formula is C27H32ClN5O4. The van der Waals surface area contributed by atoms with Crippen LogP contribution >= 0.6 is 11.6 Å². The van der Waals surface area contributed by atoms with E-state index in [2.05, 4.69) is 34.7 Å². The van der Waals surface area contributed by atoms with Crippen LogP contribution in [-0.4, -0.2) is 65.1 Å². The summed E-state index contributed by atoms with van der Waals surface area (Å²) >= 11 is 6.14. The number of H-pyrrole nitrogens is 1. The first-order valence-electron chi connectivity index (χ1n) is 12.5. The van der Waals surface area contributed by atoms with Crippen molar-refractivity contribution in [2.75, 3.05) is 26.2 Å². The number of para-hydroxylation sites is 1. The summed E-state index contributed by atoms with van der Waals surface area (Å²) < 4.78 is 6.00. The quantitative estimate of drug-likeness (QED) is 0.481. The number of hydrogen-bond acceptors (Lipinski definition) is 5. The minimum atomic E-state index is -0.320. The SMILES string of the molecule is CC(C)C[C@@H]1COc2ccc(Cl)cc2C(=O)NCCCCN(C(=O)c2n[nH]c3ccccc23)CC(=O)N1. The third-order valence-electron chi connectivity index (χ3n) is 6.18. The van der Waals surface area contributed by atoms with E-state index in [9.17, 15) is 14.4 Å². The van der Waals surface area contributed by atoms with Crippen LogP contribution in [0.2, 0.25) is 5.02 Å². The van der Waals surface area contributed by atoms with Gasteiger partial charge < -0.3 is 20.3 Å². The van der Waals surface area contributed by atoms with Crippen molar-refractivity contribution < 1.29 is 19.1 Å². The summed E-state index contributed by atoms with van der Waals surface area (Å²) in [5.41, 5.74) is 1.38. The standard InChI is InChI=1S/C27H32ClN5O4/c1-17(2)13-19-16-37-23-10-9-18(28)14-21(23)26(35)29-11-5-6-12-33(15-24(34)30-19)27(36)25-20-7-3-4-8-22(20)31-32-25/h3-4,7-10,14,17,19H,5-6,11-13,15-16H2,1-2H3,(H,29,35)(H,30,34)(H,31,32)/t19-/m1/s1. The Labute approximate surface area is 220 Å². The molecule has 3 N–H and O–H groups in total. The third-order valence-corrected chi connectivity index (χ3v) is 6.42. The van der Waals surface area contributed by atoms with E-state index in [0.717, 1.165) is 5.52 Å². The van der Waals surface area contributed by atoms with E-state index in [1.54, 1.807) is 18.2 Å². The molecule has 1 aliphatic rings. The van der Waals surface area contributed by atoms with Gasteiger partial charge in [0.2, 0.25) is 5.91 Å². The van der Waals surface area contributed by atoms with Crippen molar-refractivity contribution >= 4 is 40.2 Å². The van der Waals surface area contributed by atoms with Crippen molar-refractivity contribution in [3.8, 4) is 5.75 Å². The molecule has 3 amide bonds. The summed E-state index contributed by atoms with van der Waals surface area (Å²) in [5, 5.41) is 14.2. The van der Waals surface area contributed by atoms with E-state index in [-0.39, 0.29) is 48.5 Å². The normalized spacial score (nSPS) is 17.8. The lowest BCUT2D eigenvalue weighted by atomic mass is 10.0. The van der Waals surface area contributed by atoms with Crippen LogP contribution in [0, 0.1) is 5.92 Å². The number of carbonyl (C=O) groups is 3. The molecule has 3 aromatic rings. The van der Waals surface area contributed by atoms with Crippen LogP contribution in [0.25, 0.3) is 10.9 Å². The largest absolute Gasteiger partial charge is 0.491 e. The first-order chi connectivity index (χ1) is 17.8. The highest BCUT2D eigenvalue weighted by Crippen LogP contribution is 2.24. The third kappa shape index (κ3) is 6.80. The zero-order chi connectivity index (χ0) is 26.4. The van der Waals surface area contributed by atoms with Crippen molar-refractivity contribution in [3.05, 3.63) is 58.7 Å². The highest BCUT2D eigenvalue weighted by Gasteiger charge is 2.25. The molecule has 1 aliphatic heterocycles. The molecule has 0 radical (unpaired) electrons. The molecule has 0 spiro atoms. The zero-order valence-corrected chi connectivity index (χ0v) is 21.8. The van der Waals surface area contributed by atoms with Crippen LogP contribution in [0.4, 0.5) is 0 Å². The van der Waals surface area contributed by atoms with Gasteiger partial charge in [-0.25, -0.2) is 0 Å². The second-order valence-corrected chi connectivity index (χ2v) is 10.1. The van der Waals surface area contributed by atoms with E-state index in [4.69, 9.17) is 16.3 Å². The number of benzene rings is 2. The number of hydrogen-bond donors (Lipinski definition) is 3. The van der Waals surface area contributed by atoms with Gasteiger partial charge >= 0.3 is 0 Å². The fourth-order valence-corrected chi connectivity index (χ4v) is 4.61. The minimum Gasteiger partial charge on any atom is -0.491 e. The first kappa shape index (κ1) is 26.5. The van der Waals surface area contributed by atoms with Gasteiger partial charge in [-0.1, -0.05) is 43.6 Å². The van der Waals surface area contributed by atoms with E-state index in [1.807, 2.05) is 24.3 Å². The number of aromatic amines is 1. The molecule has 4 rings (SSSR count). The summed E-state index contributed by atoms with van der Waals surface area (Å²) in [5.74, 6) is -0.186. The lowest BCUT2D eigenvalue weighted by Gasteiger charge is -2.25. The monoisotopic (exact) mass is 525 g/mol. The molecule has 0 fully saturated rings. The molecule has 9 nitrogen and oxygen atoms in total. The molecule has 37 heavy (non-hydrogen) atoms. The van der Waals surface area contributed by atoms with Gasteiger partial charge in [-0.3, -0.25) is 19.5 Å². The molecule has 196 valence electrons. The number of ether oxygens (including phenoxy) is 1. The topological polar surface area (TPSA) is 116 Å². The second kappa shape index (κ2) is 12.1. The highest BCUT2D eigenvalue weighted by molar-refractivity contribution is 6.31. The minimum absolute atomic E-state index is 0.104. The molecule has 2 heterocycles. The fraction of sp³-hybridized carbons (Fsp3) is 0.407. The molecule has 0 saturated heterocycles. The Bertz CT molecular complexity index is 1270. The van der Waals surface area contributed by atoms with E-state index >= 15 is 0 Å². The van der Waals surface area contributed by atoms with Crippen LogP contribution in [0.1, 0.15) is 54.0 Å². The maximum atomic E-state index is 13.5. The maximum absolute atomic E-state index is 13.5. The van der Waals surface area contributed by atoms with Gasteiger partial charge in [0.25, 0.3) is 11.8 Å². The number of fused-ring (bicyclic) bond motifs is 2. The fourth-order valence-electron chi connectivity index (χ4n) is 4.43. The highest BCUT2D eigenvalue weighted by atomic mass is 35.5. The van der Waals surface area contributed by atoms with E-state index in [0.29, 0.717) is 54.1 Å². The molecular weight excluding hydrogens is 494 g/mol. The van der Waals surface area contributed by atoms with Crippen molar-refractivity contribution in [1.29, 1.82) is 0 Å². The van der Waals surface area contributed by atoms with Crippen molar-refractivity contribution in [2.45, 2.75) is 39.2 Å².